The Morgan fingerprint density at radius 3 is 2.55 bits per heavy atom. The summed E-state index contributed by atoms with van der Waals surface area (Å²) in [6, 6.07) is 9.98. The van der Waals surface area contributed by atoms with Crippen molar-refractivity contribution in [3.63, 3.8) is 0 Å². The Labute approximate surface area is 171 Å². The van der Waals surface area contributed by atoms with Crippen LogP contribution in [0.2, 0.25) is 0 Å². The molecule has 1 aromatic heterocycles. The average molecular weight is 393 g/mol. The Morgan fingerprint density at radius 1 is 1.14 bits per heavy atom. The van der Waals surface area contributed by atoms with Crippen molar-refractivity contribution < 1.29 is 9.59 Å². The Bertz CT molecular complexity index is 901. The van der Waals surface area contributed by atoms with E-state index in [0.29, 0.717) is 18.8 Å². The zero-order valence-electron chi connectivity index (χ0n) is 17.1. The van der Waals surface area contributed by atoms with Crippen LogP contribution in [0.1, 0.15) is 41.1 Å². The van der Waals surface area contributed by atoms with Gasteiger partial charge in [0.05, 0.1) is 23.5 Å². The van der Waals surface area contributed by atoms with E-state index in [1.165, 1.54) is 0 Å². The maximum Gasteiger partial charge on any atom is 0.274 e. The number of carbonyl (C=O) groups is 2. The molecule has 2 aliphatic heterocycles. The summed E-state index contributed by atoms with van der Waals surface area (Å²) in [5.74, 6) is -0.0815. The number of likely N-dealkylation sites (N-methyl/N-ethyl adjacent to an activating group) is 1. The molecule has 4 rings (SSSR count). The average Bonchev–Trinajstić information content (AvgIpc) is 3.01. The van der Waals surface area contributed by atoms with Gasteiger partial charge in [-0.3, -0.25) is 14.6 Å². The number of likely N-dealkylation sites (tertiary alicyclic amines) is 2. The highest BCUT2D eigenvalue weighted by molar-refractivity contribution is 5.93. The van der Waals surface area contributed by atoms with Crippen molar-refractivity contribution in [2.24, 2.45) is 5.92 Å². The van der Waals surface area contributed by atoms with Crippen molar-refractivity contribution in [2.45, 2.75) is 31.8 Å². The molecule has 0 aliphatic carbocycles. The van der Waals surface area contributed by atoms with E-state index in [9.17, 15) is 9.59 Å². The molecule has 2 saturated heterocycles. The first-order valence-electron chi connectivity index (χ1n) is 10.0. The molecule has 0 saturated carbocycles. The Kier molecular flexibility index (Phi) is 5.08. The minimum absolute atomic E-state index is 0.0680. The van der Waals surface area contributed by atoms with Gasteiger partial charge >= 0.3 is 0 Å². The van der Waals surface area contributed by atoms with Gasteiger partial charge in [0.15, 0.2) is 0 Å². The van der Waals surface area contributed by atoms with Gasteiger partial charge in [0.2, 0.25) is 5.91 Å². The van der Waals surface area contributed by atoms with Gasteiger partial charge in [0.25, 0.3) is 5.91 Å². The molecule has 7 heteroatoms. The van der Waals surface area contributed by atoms with Gasteiger partial charge in [0, 0.05) is 32.1 Å². The van der Waals surface area contributed by atoms with Crippen molar-refractivity contribution in [1.29, 1.82) is 0 Å². The van der Waals surface area contributed by atoms with Crippen LogP contribution in [0.4, 0.5) is 0 Å². The number of amides is 2. The molecular formula is C22H27N5O2. The van der Waals surface area contributed by atoms with E-state index < -0.39 is 5.54 Å². The molecule has 2 aromatic rings. The second-order valence-corrected chi connectivity index (χ2v) is 8.30. The van der Waals surface area contributed by atoms with E-state index in [4.69, 9.17) is 0 Å². The van der Waals surface area contributed by atoms with E-state index in [1.807, 2.05) is 30.0 Å². The summed E-state index contributed by atoms with van der Waals surface area (Å²) in [6.45, 7) is 5.50. The molecule has 3 heterocycles. The number of aromatic nitrogens is 2. The van der Waals surface area contributed by atoms with Crippen molar-refractivity contribution in [3.05, 3.63) is 59.7 Å². The first kappa shape index (κ1) is 19.5. The lowest BCUT2D eigenvalue weighted by molar-refractivity contribution is -0.122. The number of aryl methyl sites for hydroxylation is 1. The third-order valence-electron chi connectivity index (χ3n) is 6.08. The number of carbonyl (C=O) groups excluding carboxylic acids is 2. The molecule has 2 fully saturated rings. The molecule has 2 aliphatic rings. The summed E-state index contributed by atoms with van der Waals surface area (Å²) in [7, 11) is 2.06. The smallest absolute Gasteiger partial charge is 0.274 e. The van der Waals surface area contributed by atoms with Crippen LogP contribution in [-0.2, 0) is 4.79 Å². The first-order valence-corrected chi connectivity index (χ1v) is 10.0. The summed E-state index contributed by atoms with van der Waals surface area (Å²) in [5.41, 5.74) is 1.71. The lowest BCUT2D eigenvalue weighted by atomic mass is 9.76. The Balaban J connectivity index is 1.78. The fourth-order valence-corrected chi connectivity index (χ4v) is 4.99. The van der Waals surface area contributed by atoms with Crippen LogP contribution in [0.3, 0.4) is 0 Å². The number of hydrogen-bond donors (Lipinski definition) is 1. The number of piperidine rings is 1. The lowest BCUT2D eigenvalue weighted by Gasteiger charge is -2.44. The maximum absolute atomic E-state index is 13.5. The normalized spacial score (nSPS) is 26.8. The SMILES string of the molecule is CC(=O)N[C@@]12CN(C)CC[C@@H]1[C@@H](c1ccccc1)N(C(=O)c1cnc(C)cn1)C2. The maximum atomic E-state index is 13.5. The van der Waals surface area contributed by atoms with Gasteiger partial charge in [-0.05, 0) is 32.5 Å². The lowest BCUT2D eigenvalue weighted by Crippen LogP contribution is -2.63. The van der Waals surface area contributed by atoms with Gasteiger partial charge in [-0.25, -0.2) is 4.98 Å². The van der Waals surface area contributed by atoms with Gasteiger partial charge in [-0.15, -0.1) is 0 Å². The van der Waals surface area contributed by atoms with Crippen molar-refractivity contribution in [1.82, 2.24) is 25.1 Å². The molecule has 3 atom stereocenters. The number of rotatable bonds is 3. The molecular weight excluding hydrogens is 366 g/mol. The summed E-state index contributed by atoms with van der Waals surface area (Å²) in [6.07, 6.45) is 4.06. The molecule has 1 N–H and O–H groups in total. The van der Waals surface area contributed by atoms with Gasteiger partial charge in [0.1, 0.15) is 5.69 Å². The van der Waals surface area contributed by atoms with Crippen LogP contribution in [0.5, 0.6) is 0 Å². The van der Waals surface area contributed by atoms with Crippen molar-refractivity contribution >= 4 is 11.8 Å². The topological polar surface area (TPSA) is 78.4 Å². The van der Waals surface area contributed by atoms with Crippen LogP contribution in [0.15, 0.2) is 42.7 Å². The second-order valence-electron chi connectivity index (χ2n) is 8.30. The summed E-state index contributed by atoms with van der Waals surface area (Å²) >= 11 is 0. The third-order valence-corrected chi connectivity index (χ3v) is 6.08. The monoisotopic (exact) mass is 393 g/mol. The predicted octanol–water partition coefficient (Wildman–Crippen LogP) is 1.81. The first-order chi connectivity index (χ1) is 13.9. The zero-order chi connectivity index (χ0) is 20.6. The Hall–Kier alpha value is -2.80. The Morgan fingerprint density at radius 2 is 1.90 bits per heavy atom. The fourth-order valence-electron chi connectivity index (χ4n) is 4.99. The summed E-state index contributed by atoms with van der Waals surface area (Å²) < 4.78 is 0. The van der Waals surface area contributed by atoms with Crippen LogP contribution >= 0.6 is 0 Å². The predicted molar refractivity (Wildman–Crippen MR) is 109 cm³/mol. The number of nitrogens with zero attached hydrogens (tertiary/aromatic N) is 4. The molecule has 7 nitrogen and oxygen atoms in total. The quantitative estimate of drug-likeness (QED) is 0.861. The molecule has 0 bridgehead atoms. The highest BCUT2D eigenvalue weighted by Crippen LogP contribution is 2.47. The highest BCUT2D eigenvalue weighted by atomic mass is 16.2. The molecule has 29 heavy (non-hydrogen) atoms. The van der Waals surface area contributed by atoms with E-state index in [2.05, 4.69) is 39.4 Å². The second kappa shape index (κ2) is 7.55. The van der Waals surface area contributed by atoms with Crippen molar-refractivity contribution in [2.75, 3.05) is 26.7 Å². The number of hydrogen-bond acceptors (Lipinski definition) is 5. The molecule has 152 valence electrons. The fraction of sp³-hybridized carbons (Fsp3) is 0.455. The van der Waals surface area contributed by atoms with Crippen LogP contribution in [0.25, 0.3) is 0 Å². The van der Waals surface area contributed by atoms with Crippen LogP contribution in [0, 0.1) is 12.8 Å². The van der Waals surface area contributed by atoms with E-state index >= 15 is 0 Å². The molecule has 0 radical (unpaired) electrons. The molecule has 0 unspecified atom stereocenters. The number of fused-ring (bicyclic) bond motifs is 1. The van der Waals surface area contributed by atoms with Gasteiger partial charge < -0.3 is 15.1 Å². The molecule has 0 spiro atoms. The number of benzene rings is 1. The van der Waals surface area contributed by atoms with Crippen molar-refractivity contribution in [3.8, 4) is 0 Å². The van der Waals surface area contributed by atoms with E-state index in [1.54, 1.807) is 19.3 Å². The summed E-state index contributed by atoms with van der Waals surface area (Å²) in [5, 5.41) is 3.22. The van der Waals surface area contributed by atoms with E-state index in [-0.39, 0.29) is 23.8 Å². The van der Waals surface area contributed by atoms with Gasteiger partial charge in [-0.2, -0.15) is 0 Å². The highest BCUT2D eigenvalue weighted by Gasteiger charge is 2.56. The van der Waals surface area contributed by atoms with Crippen LogP contribution < -0.4 is 5.32 Å². The minimum atomic E-state index is -0.479. The molecule has 2 amide bonds. The minimum Gasteiger partial charge on any atom is -0.347 e. The van der Waals surface area contributed by atoms with E-state index in [0.717, 1.165) is 24.2 Å². The van der Waals surface area contributed by atoms with Crippen LogP contribution in [-0.4, -0.2) is 63.8 Å². The summed E-state index contributed by atoms with van der Waals surface area (Å²) in [4.78, 5) is 38.3. The third kappa shape index (κ3) is 3.62. The van der Waals surface area contributed by atoms with Gasteiger partial charge in [-0.1, -0.05) is 30.3 Å². The number of nitrogens with one attached hydrogen (secondary N) is 1. The largest absolute Gasteiger partial charge is 0.347 e. The zero-order valence-corrected chi connectivity index (χ0v) is 17.1. The molecule has 1 aromatic carbocycles. The standard InChI is InChI=1S/C22H27N5O2/c1-15-11-24-19(12-23-15)21(29)27-14-22(25-16(2)28)13-26(3)10-9-18(22)20(27)17-7-5-4-6-8-17/h4-8,11-12,18,20H,9-10,13-14H2,1-3H3,(H,25,28)/t18-,20-,22-/m1/s1.